The fourth-order valence-electron chi connectivity index (χ4n) is 1.41. The molecule has 0 unspecified atom stereocenters. The quantitative estimate of drug-likeness (QED) is 0.592. The van der Waals surface area contributed by atoms with Crippen LogP contribution in [0.3, 0.4) is 0 Å². The normalized spacial score (nSPS) is 10.1. The van der Waals surface area contributed by atoms with Crippen LogP contribution in [0.15, 0.2) is 42.6 Å². The van der Waals surface area contributed by atoms with Crippen molar-refractivity contribution in [3.63, 3.8) is 0 Å². The average molecular weight is 235 g/mol. The first-order chi connectivity index (χ1) is 7.68. The van der Waals surface area contributed by atoms with Crippen molar-refractivity contribution in [1.82, 2.24) is 4.98 Å². The van der Waals surface area contributed by atoms with Crippen LogP contribution in [0.25, 0.3) is 11.1 Å². The average Bonchev–Trinajstić information content (AvgIpc) is 2.29. The summed E-state index contributed by atoms with van der Waals surface area (Å²) in [7, 11) is 0. The third kappa shape index (κ3) is 2.01. The molecule has 0 fully saturated rings. The number of nitrogens with zero attached hydrogens (tertiary/aromatic N) is 2. The number of halogens is 1. The highest BCUT2D eigenvalue weighted by Crippen LogP contribution is 2.29. The smallest absolute Gasteiger partial charge is 0.358 e. The second-order valence-corrected chi connectivity index (χ2v) is 3.58. The fourth-order valence-corrected chi connectivity index (χ4v) is 1.57. The van der Waals surface area contributed by atoms with E-state index in [1.165, 1.54) is 6.20 Å². The van der Waals surface area contributed by atoms with Gasteiger partial charge in [0.15, 0.2) is 6.20 Å². The summed E-state index contributed by atoms with van der Waals surface area (Å²) >= 11 is 5.79. The van der Waals surface area contributed by atoms with Crippen LogP contribution >= 0.6 is 11.6 Å². The summed E-state index contributed by atoms with van der Waals surface area (Å²) in [6.07, 6.45) is 1.27. The first kappa shape index (κ1) is 10.6. The molecule has 0 saturated carbocycles. The maximum atomic E-state index is 10.8. The van der Waals surface area contributed by atoms with E-state index < -0.39 is 4.92 Å². The summed E-state index contributed by atoms with van der Waals surface area (Å²) in [5.74, 6) is -0.185. The molecule has 0 atom stereocenters. The fraction of sp³-hybridized carbons (Fsp3) is 0. The highest BCUT2D eigenvalue weighted by Gasteiger charge is 2.16. The van der Waals surface area contributed by atoms with Gasteiger partial charge in [0.2, 0.25) is 0 Å². The van der Waals surface area contributed by atoms with Crippen LogP contribution in [0.5, 0.6) is 0 Å². The van der Waals surface area contributed by atoms with E-state index in [4.69, 9.17) is 11.6 Å². The van der Waals surface area contributed by atoms with Crippen molar-refractivity contribution >= 4 is 17.4 Å². The zero-order valence-corrected chi connectivity index (χ0v) is 8.89. The van der Waals surface area contributed by atoms with Crippen molar-refractivity contribution in [3.8, 4) is 11.1 Å². The summed E-state index contributed by atoms with van der Waals surface area (Å²) in [5.41, 5.74) is 1.15. The summed E-state index contributed by atoms with van der Waals surface area (Å²) in [4.78, 5) is 14.0. The Morgan fingerprint density at radius 3 is 2.56 bits per heavy atom. The minimum atomic E-state index is -0.515. The molecule has 0 N–H and O–H groups in total. The topological polar surface area (TPSA) is 56.0 Å². The Balaban J connectivity index is 2.63. The number of pyridine rings is 1. The SMILES string of the molecule is O=[N+]([O-])c1ncc(Cl)cc1-c1ccccc1. The molecule has 2 rings (SSSR count). The number of benzene rings is 1. The van der Waals surface area contributed by atoms with E-state index in [1.54, 1.807) is 30.3 Å². The van der Waals surface area contributed by atoms with Gasteiger partial charge in [-0.25, -0.2) is 0 Å². The van der Waals surface area contributed by atoms with Crippen LogP contribution in [0, 0.1) is 10.1 Å². The number of nitro groups is 1. The Labute approximate surface area is 96.7 Å². The molecule has 0 saturated heterocycles. The molecule has 80 valence electrons. The van der Waals surface area contributed by atoms with Gasteiger partial charge in [0.25, 0.3) is 0 Å². The summed E-state index contributed by atoms with van der Waals surface area (Å²) in [5, 5.41) is 11.2. The zero-order chi connectivity index (χ0) is 11.5. The van der Waals surface area contributed by atoms with E-state index in [9.17, 15) is 10.1 Å². The van der Waals surface area contributed by atoms with Crippen molar-refractivity contribution in [2.24, 2.45) is 0 Å². The second kappa shape index (κ2) is 4.28. The first-order valence-electron chi connectivity index (χ1n) is 4.54. The molecule has 1 aromatic carbocycles. The minimum absolute atomic E-state index is 0.185. The Morgan fingerprint density at radius 1 is 1.25 bits per heavy atom. The molecule has 2 aromatic rings. The van der Waals surface area contributed by atoms with Crippen LogP contribution in [0.1, 0.15) is 0 Å². The highest BCUT2D eigenvalue weighted by molar-refractivity contribution is 6.30. The van der Waals surface area contributed by atoms with Gasteiger partial charge in [-0.2, -0.15) is 0 Å². The predicted molar refractivity (Wildman–Crippen MR) is 61.3 cm³/mol. The number of rotatable bonds is 2. The van der Waals surface area contributed by atoms with E-state index >= 15 is 0 Å². The van der Waals surface area contributed by atoms with E-state index in [0.717, 1.165) is 5.56 Å². The zero-order valence-electron chi connectivity index (χ0n) is 8.13. The molecule has 1 aromatic heterocycles. The maximum absolute atomic E-state index is 10.8. The predicted octanol–water partition coefficient (Wildman–Crippen LogP) is 3.31. The molecule has 0 radical (unpaired) electrons. The first-order valence-corrected chi connectivity index (χ1v) is 4.91. The van der Waals surface area contributed by atoms with Crippen molar-refractivity contribution < 1.29 is 4.92 Å². The van der Waals surface area contributed by atoms with Crippen molar-refractivity contribution in [2.75, 3.05) is 0 Å². The molecular formula is C11H7ClN2O2. The van der Waals surface area contributed by atoms with Crippen LogP contribution in [0.2, 0.25) is 5.02 Å². The molecule has 0 aliphatic rings. The molecular weight excluding hydrogens is 228 g/mol. The summed E-state index contributed by atoms with van der Waals surface area (Å²) in [6.45, 7) is 0. The van der Waals surface area contributed by atoms with Gasteiger partial charge < -0.3 is 10.1 Å². The second-order valence-electron chi connectivity index (χ2n) is 3.15. The number of hydrogen-bond donors (Lipinski definition) is 0. The molecule has 16 heavy (non-hydrogen) atoms. The molecule has 0 aliphatic heterocycles. The van der Waals surface area contributed by atoms with Gasteiger partial charge in [-0.15, -0.1) is 0 Å². The van der Waals surface area contributed by atoms with E-state index in [1.807, 2.05) is 6.07 Å². The van der Waals surface area contributed by atoms with Gasteiger partial charge in [0, 0.05) is 0 Å². The lowest BCUT2D eigenvalue weighted by atomic mass is 10.1. The minimum Gasteiger partial charge on any atom is -0.358 e. The van der Waals surface area contributed by atoms with Crippen LogP contribution < -0.4 is 0 Å². The van der Waals surface area contributed by atoms with Crippen LogP contribution in [0.4, 0.5) is 5.82 Å². The van der Waals surface area contributed by atoms with Crippen LogP contribution in [-0.2, 0) is 0 Å². The van der Waals surface area contributed by atoms with Crippen LogP contribution in [-0.4, -0.2) is 9.91 Å². The molecule has 4 nitrogen and oxygen atoms in total. The highest BCUT2D eigenvalue weighted by atomic mass is 35.5. The van der Waals surface area contributed by atoms with Gasteiger partial charge in [-0.05, 0) is 21.5 Å². The Bertz CT molecular complexity index is 529. The van der Waals surface area contributed by atoms with Gasteiger partial charge in [0.05, 0.1) is 10.6 Å². The Hall–Kier alpha value is -1.94. The largest absolute Gasteiger partial charge is 0.371 e. The summed E-state index contributed by atoms with van der Waals surface area (Å²) in [6, 6.07) is 10.6. The van der Waals surface area contributed by atoms with Crippen molar-refractivity contribution in [1.29, 1.82) is 0 Å². The number of aromatic nitrogens is 1. The molecule has 5 heteroatoms. The third-order valence-corrected chi connectivity index (χ3v) is 2.30. The third-order valence-electron chi connectivity index (χ3n) is 2.09. The van der Waals surface area contributed by atoms with E-state index in [2.05, 4.69) is 4.98 Å². The molecule has 0 amide bonds. The monoisotopic (exact) mass is 234 g/mol. The van der Waals surface area contributed by atoms with Gasteiger partial charge in [-0.3, -0.25) is 0 Å². The van der Waals surface area contributed by atoms with Gasteiger partial charge in [0.1, 0.15) is 0 Å². The Morgan fingerprint density at radius 2 is 1.94 bits per heavy atom. The lowest BCUT2D eigenvalue weighted by molar-refractivity contribution is -0.388. The van der Waals surface area contributed by atoms with E-state index in [-0.39, 0.29) is 5.82 Å². The standard InChI is InChI=1S/C11H7ClN2O2/c12-9-6-10(8-4-2-1-3-5-8)11(13-7-9)14(15)16/h1-7H. The molecule has 1 heterocycles. The number of hydrogen-bond acceptors (Lipinski definition) is 3. The van der Waals surface area contributed by atoms with E-state index in [0.29, 0.717) is 10.6 Å². The van der Waals surface area contributed by atoms with Crippen molar-refractivity contribution in [2.45, 2.75) is 0 Å². The van der Waals surface area contributed by atoms with Gasteiger partial charge in [-0.1, -0.05) is 41.9 Å². The molecule has 0 bridgehead atoms. The Kier molecular flexibility index (Phi) is 2.83. The van der Waals surface area contributed by atoms with Crippen molar-refractivity contribution in [3.05, 3.63) is 57.7 Å². The lowest BCUT2D eigenvalue weighted by Crippen LogP contribution is -1.95. The summed E-state index contributed by atoms with van der Waals surface area (Å²) < 4.78 is 0. The maximum Gasteiger partial charge on any atom is 0.371 e. The van der Waals surface area contributed by atoms with Gasteiger partial charge >= 0.3 is 5.82 Å². The lowest BCUT2D eigenvalue weighted by Gasteiger charge is -2.02. The molecule has 0 spiro atoms. The molecule has 0 aliphatic carbocycles.